The molecule has 104 valence electrons. The summed E-state index contributed by atoms with van der Waals surface area (Å²) in [4.78, 5) is 17.0. The second kappa shape index (κ2) is 4.84. The van der Waals surface area contributed by atoms with Gasteiger partial charge < -0.3 is 14.8 Å². The molecule has 2 heterocycles. The van der Waals surface area contributed by atoms with E-state index in [4.69, 9.17) is 0 Å². The molecule has 1 N–H and O–H groups in total. The van der Waals surface area contributed by atoms with Crippen molar-refractivity contribution in [2.75, 3.05) is 23.8 Å². The first-order valence-electron chi connectivity index (χ1n) is 6.39. The van der Waals surface area contributed by atoms with Crippen LogP contribution in [0.2, 0.25) is 0 Å². The van der Waals surface area contributed by atoms with Gasteiger partial charge in [0, 0.05) is 56.0 Å². The van der Waals surface area contributed by atoms with E-state index in [0.717, 1.165) is 30.3 Å². The molecule has 3 rings (SSSR count). The molecule has 0 spiro atoms. The Bertz CT molecular complexity index is 652. The number of hydrogen-bond donors (Lipinski definition) is 1. The average Bonchev–Trinajstić information content (AvgIpc) is 2.94. The van der Waals surface area contributed by atoms with Gasteiger partial charge in [-0.05, 0) is 6.07 Å². The van der Waals surface area contributed by atoms with Crippen molar-refractivity contribution in [3.05, 3.63) is 46.5 Å². The van der Waals surface area contributed by atoms with E-state index in [1.165, 1.54) is 6.07 Å². The molecule has 20 heavy (non-hydrogen) atoms. The molecule has 0 bridgehead atoms. The third kappa shape index (κ3) is 2.18. The Morgan fingerprint density at radius 2 is 2.20 bits per heavy atom. The Hall–Kier alpha value is -2.57. The molecular formula is C13H15N5O2. The van der Waals surface area contributed by atoms with Crippen LogP contribution in [-0.4, -0.2) is 28.1 Å². The molecule has 7 nitrogen and oxygen atoms in total. The summed E-state index contributed by atoms with van der Waals surface area (Å²) in [6.07, 6.45) is 3.74. The number of nitro benzene ring substituents is 1. The number of nitrogens with one attached hydrogen (secondary N) is 1. The molecular weight excluding hydrogens is 258 g/mol. The lowest BCUT2D eigenvalue weighted by atomic mass is 10.2. The van der Waals surface area contributed by atoms with Crippen LogP contribution < -0.4 is 10.2 Å². The average molecular weight is 273 g/mol. The number of imidazole rings is 1. The molecule has 0 amide bonds. The van der Waals surface area contributed by atoms with Crippen LogP contribution in [0.15, 0.2) is 30.6 Å². The molecule has 2 aromatic rings. The summed E-state index contributed by atoms with van der Waals surface area (Å²) in [7, 11) is 1.76. The number of fused-ring (bicyclic) bond motifs is 1. The summed E-state index contributed by atoms with van der Waals surface area (Å²) in [5.74, 6) is 0.980. The Morgan fingerprint density at radius 1 is 1.35 bits per heavy atom. The maximum atomic E-state index is 11.0. The topological polar surface area (TPSA) is 76.2 Å². The van der Waals surface area contributed by atoms with E-state index in [1.54, 1.807) is 19.3 Å². The van der Waals surface area contributed by atoms with Crippen molar-refractivity contribution in [3.63, 3.8) is 0 Å². The minimum absolute atomic E-state index is 0.0979. The maximum absolute atomic E-state index is 11.0. The Labute approximate surface area is 116 Å². The predicted octanol–water partition coefficient (Wildman–Crippen LogP) is 1.85. The number of non-ortho nitro benzene ring substituents is 1. The van der Waals surface area contributed by atoms with E-state index in [2.05, 4.69) is 19.8 Å². The van der Waals surface area contributed by atoms with Gasteiger partial charge in [0.1, 0.15) is 5.82 Å². The van der Waals surface area contributed by atoms with Gasteiger partial charge in [-0.15, -0.1) is 0 Å². The zero-order valence-electron chi connectivity index (χ0n) is 11.1. The number of rotatable bonds is 3. The highest BCUT2D eigenvalue weighted by molar-refractivity contribution is 5.64. The first kappa shape index (κ1) is 12.5. The Balaban J connectivity index is 1.94. The van der Waals surface area contributed by atoms with Crippen LogP contribution in [0.3, 0.4) is 0 Å². The molecule has 0 fully saturated rings. The molecule has 1 aromatic carbocycles. The van der Waals surface area contributed by atoms with Crippen molar-refractivity contribution in [1.82, 2.24) is 9.55 Å². The number of nitro groups is 1. The van der Waals surface area contributed by atoms with Crippen molar-refractivity contribution in [1.29, 1.82) is 0 Å². The van der Waals surface area contributed by atoms with E-state index in [-0.39, 0.29) is 10.6 Å². The van der Waals surface area contributed by atoms with Gasteiger partial charge in [-0.3, -0.25) is 10.1 Å². The maximum Gasteiger partial charge on any atom is 0.273 e. The van der Waals surface area contributed by atoms with Crippen LogP contribution in [0.5, 0.6) is 0 Å². The highest BCUT2D eigenvalue weighted by Crippen LogP contribution is 2.28. The van der Waals surface area contributed by atoms with E-state index < -0.39 is 0 Å². The predicted molar refractivity (Wildman–Crippen MR) is 75.9 cm³/mol. The summed E-state index contributed by atoms with van der Waals surface area (Å²) in [5.41, 5.74) is 1.68. The van der Waals surface area contributed by atoms with Crippen LogP contribution in [0.1, 0.15) is 5.82 Å². The largest absolute Gasteiger partial charge is 0.388 e. The fourth-order valence-electron chi connectivity index (χ4n) is 2.42. The first-order valence-corrected chi connectivity index (χ1v) is 6.39. The molecule has 0 saturated carbocycles. The Morgan fingerprint density at radius 3 is 2.95 bits per heavy atom. The van der Waals surface area contributed by atoms with Crippen LogP contribution in [-0.2, 0) is 13.1 Å². The normalized spacial score (nSPS) is 13.9. The minimum atomic E-state index is -0.366. The van der Waals surface area contributed by atoms with E-state index in [9.17, 15) is 10.1 Å². The van der Waals surface area contributed by atoms with Crippen LogP contribution in [0, 0.1) is 10.1 Å². The van der Waals surface area contributed by atoms with Gasteiger partial charge in [-0.1, -0.05) is 0 Å². The van der Waals surface area contributed by atoms with Gasteiger partial charge >= 0.3 is 0 Å². The molecule has 7 heteroatoms. The molecule has 0 unspecified atom stereocenters. The van der Waals surface area contributed by atoms with Crippen LogP contribution >= 0.6 is 0 Å². The molecule has 1 aliphatic rings. The zero-order valence-corrected chi connectivity index (χ0v) is 11.1. The summed E-state index contributed by atoms with van der Waals surface area (Å²) in [6, 6.07) is 5.07. The lowest BCUT2D eigenvalue weighted by Gasteiger charge is -2.29. The SMILES string of the molecule is CNc1cc(N2CCn3ccnc3C2)cc([N+](=O)[O-])c1. The highest BCUT2D eigenvalue weighted by Gasteiger charge is 2.19. The number of aromatic nitrogens is 2. The summed E-state index contributed by atoms with van der Waals surface area (Å²) in [6.45, 7) is 2.32. The molecule has 0 atom stereocenters. The van der Waals surface area contributed by atoms with Gasteiger partial charge in [-0.2, -0.15) is 0 Å². The second-order valence-electron chi connectivity index (χ2n) is 4.70. The monoisotopic (exact) mass is 273 g/mol. The standard InChI is InChI=1S/C13H15N5O2/c1-14-10-6-11(8-12(7-10)18(19)20)17-5-4-16-3-2-15-13(16)9-17/h2-3,6-8,14H,4-5,9H2,1H3. The third-order valence-corrected chi connectivity index (χ3v) is 3.51. The van der Waals surface area contributed by atoms with E-state index >= 15 is 0 Å². The second-order valence-corrected chi connectivity index (χ2v) is 4.70. The van der Waals surface area contributed by atoms with Gasteiger partial charge in [0.05, 0.1) is 11.5 Å². The van der Waals surface area contributed by atoms with Gasteiger partial charge in [0.2, 0.25) is 0 Å². The summed E-state index contributed by atoms with van der Waals surface area (Å²) in [5, 5.41) is 14.0. The van der Waals surface area contributed by atoms with Crippen molar-refractivity contribution in [2.24, 2.45) is 0 Å². The minimum Gasteiger partial charge on any atom is -0.388 e. The van der Waals surface area contributed by atoms with Gasteiger partial charge in [-0.25, -0.2) is 4.98 Å². The quantitative estimate of drug-likeness (QED) is 0.682. The zero-order chi connectivity index (χ0) is 14.1. The van der Waals surface area contributed by atoms with Crippen LogP contribution in [0.4, 0.5) is 17.1 Å². The highest BCUT2D eigenvalue weighted by atomic mass is 16.6. The fourth-order valence-corrected chi connectivity index (χ4v) is 2.42. The van der Waals surface area contributed by atoms with Crippen LogP contribution in [0.25, 0.3) is 0 Å². The lowest BCUT2D eigenvalue weighted by Crippen LogP contribution is -2.33. The van der Waals surface area contributed by atoms with Crippen molar-refractivity contribution >= 4 is 17.1 Å². The van der Waals surface area contributed by atoms with Crippen molar-refractivity contribution < 1.29 is 4.92 Å². The molecule has 1 aliphatic heterocycles. The van der Waals surface area contributed by atoms with Gasteiger partial charge in [0.15, 0.2) is 0 Å². The third-order valence-electron chi connectivity index (χ3n) is 3.51. The molecule has 0 radical (unpaired) electrons. The van der Waals surface area contributed by atoms with E-state index in [1.807, 2.05) is 12.3 Å². The molecule has 0 aliphatic carbocycles. The smallest absolute Gasteiger partial charge is 0.273 e. The van der Waals surface area contributed by atoms with E-state index in [0.29, 0.717) is 6.54 Å². The molecule has 1 aromatic heterocycles. The number of nitrogens with zero attached hydrogens (tertiary/aromatic N) is 4. The van der Waals surface area contributed by atoms with Crippen molar-refractivity contribution in [2.45, 2.75) is 13.1 Å². The first-order chi connectivity index (χ1) is 9.67. The summed E-state index contributed by atoms with van der Waals surface area (Å²) >= 11 is 0. The number of anilines is 2. The Kier molecular flexibility index (Phi) is 3.02. The number of hydrogen-bond acceptors (Lipinski definition) is 5. The fraction of sp³-hybridized carbons (Fsp3) is 0.308. The van der Waals surface area contributed by atoms with Gasteiger partial charge in [0.25, 0.3) is 5.69 Å². The van der Waals surface area contributed by atoms with Crippen molar-refractivity contribution in [3.8, 4) is 0 Å². The number of benzene rings is 1. The molecule has 0 saturated heterocycles. The lowest BCUT2D eigenvalue weighted by molar-refractivity contribution is -0.384. The summed E-state index contributed by atoms with van der Waals surface area (Å²) < 4.78 is 2.10.